The molecule has 0 spiro atoms. The van der Waals surface area contributed by atoms with Gasteiger partial charge in [-0.3, -0.25) is 0 Å². The molecule has 0 heterocycles. The van der Waals surface area contributed by atoms with Gasteiger partial charge in [0.2, 0.25) is 0 Å². The van der Waals surface area contributed by atoms with Gasteiger partial charge in [0.15, 0.2) is 0 Å². The van der Waals surface area contributed by atoms with Gasteiger partial charge >= 0.3 is 0 Å². The Morgan fingerprint density at radius 2 is 1.19 bits per heavy atom. The van der Waals surface area contributed by atoms with Gasteiger partial charge in [0.25, 0.3) is 0 Å². The van der Waals surface area contributed by atoms with E-state index in [1.807, 2.05) is 0 Å². The summed E-state index contributed by atoms with van der Waals surface area (Å²) in [5, 5.41) is 8.46. The number of hydrogen-bond donors (Lipinski definition) is 0. The van der Waals surface area contributed by atoms with Gasteiger partial charge in [-0.25, -0.2) is 0 Å². The summed E-state index contributed by atoms with van der Waals surface area (Å²) in [6.45, 7) is 1.22. The average molecular weight is 358 g/mol. The molecule has 0 N–H and O–H groups in total. The highest BCUT2D eigenvalue weighted by molar-refractivity contribution is 6.23. The van der Waals surface area contributed by atoms with Crippen molar-refractivity contribution in [2.45, 2.75) is 44.9 Å². The molecule has 4 aromatic rings. The average Bonchev–Trinajstić information content (AvgIpc) is 2.68. The maximum absolute atomic E-state index is 2.36. The van der Waals surface area contributed by atoms with E-state index in [1.165, 1.54) is 89.4 Å². The summed E-state index contributed by atoms with van der Waals surface area (Å²) in [6, 6.07) is 20.5. The van der Waals surface area contributed by atoms with Gasteiger partial charge in [-0.2, -0.15) is 0 Å². The first-order valence-electron chi connectivity index (χ1n) is 10.5. The molecule has 27 heavy (non-hydrogen) atoms. The normalized spacial score (nSPS) is 12.1. The third kappa shape index (κ3) is 3.94. The number of nitrogens with zero attached hydrogens (tertiary/aromatic N) is 1. The molecule has 0 amide bonds. The van der Waals surface area contributed by atoms with Gasteiger partial charge in [0, 0.05) is 0 Å². The molecule has 140 valence electrons. The van der Waals surface area contributed by atoms with Crippen LogP contribution in [0.15, 0.2) is 54.6 Å². The fourth-order valence-electron chi connectivity index (χ4n) is 4.46. The van der Waals surface area contributed by atoms with Crippen molar-refractivity contribution in [1.82, 2.24) is 4.90 Å². The standard InChI is InChI=1S/C26H31N/c1-27(2)19-8-6-4-3-5-7-10-20-13-14-23-16-15-21-11-9-12-22-17-18-24(20)26(23)25(21)22/h9,11-18H,3-8,10,19H2,1-2H3. The van der Waals surface area contributed by atoms with Crippen LogP contribution in [0.1, 0.15) is 44.1 Å². The van der Waals surface area contributed by atoms with Crippen molar-refractivity contribution < 1.29 is 0 Å². The SMILES string of the molecule is CN(C)CCCCCCCCc1ccc2ccc3cccc4ccc1c2c34. The van der Waals surface area contributed by atoms with Gasteiger partial charge < -0.3 is 4.90 Å². The maximum Gasteiger partial charge on any atom is -0.00240 e. The van der Waals surface area contributed by atoms with Gasteiger partial charge in [-0.1, -0.05) is 80.3 Å². The monoisotopic (exact) mass is 357 g/mol. The van der Waals surface area contributed by atoms with E-state index in [4.69, 9.17) is 0 Å². The lowest BCUT2D eigenvalue weighted by molar-refractivity contribution is 0.389. The first-order valence-corrected chi connectivity index (χ1v) is 10.5. The van der Waals surface area contributed by atoms with Gasteiger partial charge in [0.1, 0.15) is 0 Å². The summed E-state index contributed by atoms with van der Waals surface area (Å²) in [5.74, 6) is 0. The molecule has 0 aliphatic heterocycles. The molecule has 0 aromatic heterocycles. The Morgan fingerprint density at radius 1 is 0.593 bits per heavy atom. The van der Waals surface area contributed by atoms with Crippen molar-refractivity contribution in [2.24, 2.45) is 0 Å². The Hall–Kier alpha value is -2.12. The lowest BCUT2D eigenvalue weighted by atomic mass is 9.90. The summed E-state index contributed by atoms with van der Waals surface area (Å²) >= 11 is 0. The van der Waals surface area contributed by atoms with Crippen LogP contribution in [0.4, 0.5) is 0 Å². The third-order valence-corrected chi connectivity index (χ3v) is 5.92. The highest BCUT2D eigenvalue weighted by Gasteiger charge is 2.10. The van der Waals surface area contributed by atoms with Crippen LogP contribution in [-0.4, -0.2) is 25.5 Å². The summed E-state index contributed by atoms with van der Waals surface area (Å²) in [5.41, 5.74) is 1.52. The Kier molecular flexibility index (Phi) is 5.59. The fourth-order valence-corrected chi connectivity index (χ4v) is 4.46. The molecule has 1 nitrogen and oxygen atoms in total. The Morgan fingerprint density at radius 3 is 1.93 bits per heavy atom. The summed E-state index contributed by atoms with van der Waals surface area (Å²) in [6.07, 6.45) is 9.32. The molecule has 0 fully saturated rings. The van der Waals surface area contributed by atoms with Crippen LogP contribution in [0.2, 0.25) is 0 Å². The molecule has 0 aliphatic carbocycles. The van der Waals surface area contributed by atoms with Crippen molar-refractivity contribution >= 4 is 32.3 Å². The van der Waals surface area contributed by atoms with Crippen molar-refractivity contribution in [3.63, 3.8) is 0 Å². The predicted molar refractivity (Wildman–Crippen MR) is 120 cm³/mol. The molecule has 1 heteroatoms. The lowest BCUT2D eigenvalue weighted by Crippen LogP contribution is -2.12. The Labute approximate surface area is 163 Å². The van der Waals surface area contributed by atoms with Crippen LogP contribution >= 0.6 is 0 Å². The molecule has 4 aromatic carbocycles. The molecule has 0 atom stereocenters. The van der Waals surface area contributed by atoms with Crippen LogP contribution in [0.25, 0.3) is 32.3 Å². The highest BCUT2D eigenvalue weighted by atomic mass is 15.0. The second kappa shape index (κ2) is 8.27. The minimum absolute atomic E-state index is 1.20. The largest absolute Gasteiger partial charge is 0.309 e. The zero-order chi connectivity index (χ0) is 18.6. The molecule has 0 saturated heterocycles. The molecule has 0 saturated carbocycles. The van der Waals surface area contributed by atoms with Crippen LogP contribution in [-0.2, 0) is 6.42 Å². The van der Waals surface area contributed by atoms with Gasteiger partial charge in [-0.05, 0) is 77.8 Å². The smallest absolute Gasteiger partial charge is 0.00240 e. The minimum atomic E-state index is 1.20. The van der Waals surface area contributed by atoms with Crippen LogP contribution in [0, 0.1) is 0 Å². The molecule has 0 aliphatic rings. The zero-order valence-electron chi connectivity index (χ0n) is 16.8. The van der Waals surface area contributed by atoms with E-state index in [9.17, 15) is 0 Å². The van der Waals surface area contributed by atoms with E-state index in [0.717, 1.165) is 0 Å². The zero-order valence-corrected chi connectivity index (χ0v) is 16.8. The fraction of sp³-hybridized carbons (Fsp3) is 0.385. The number of hydrogen-bond acceptors (Lipinski definition) is 1. The molecule has 0 unspecified atom stereocenters. The number of aryl methyl sites for hydroxylation is 1. The van der Waals surface area contributed by atoms with Crippen molar-refractivity contribution in [3.05, 3.63) is 60.2 Å². The van der Waals surface area contributed by atoms with Crippen molar-refractivity contribution in [1.29, 1.82) is 0 Å². The highest BCUT2D eigenvalue weighted by Crippen LogP contribution is 2.36. The first kappa shape index (κ1) is 18.3. The first-order chi connectivity index (χ1) is 13.2. The van der Waals surface area contributed by atoms with E-state index in [1.54, 1.807) is 0 Å². The van der Waals surface area contributed by atoms with Crippen molar-refractivity contribution in [2.75, 3.05) is 20.6 Å². The lowest BCUT2D eigenvalue weighted by Gasteiger charge is -2.14. The van der Waals surface area contributed by atoms with Gasteiger partial charge in [0.05, 0.1) is 0 Å². The van der Waals surface area contributed by atoms with Crippen LogP contribution in [0.5, 0.6) is 0 Å². The number of benzene rings is 4. The van der Waals surface area contributed by atoms with E-state index in [2.05, 4.69) is 73.6 Å². The Balaban J connectivity index is 1.44. The molecule has 0 bridgehead atoms. The second-order valence-electron chi connectivity index (χ2n) is 8.26. The van der Waals surface area contributed by atoms with E-state index in [0.29, 0.717) is 0 Å². The van der Waals surface area contributed by atoms with E-state index in [-0.39, 0.29) is 0 Å². The van der Waals surface area contributed by atoms with Crippen LogP contribution < -0.4 is 0 Å². The van der Waals surface area contributed by atoms with Gasteiger partial charge in [-0.15, -0.1) is 0 Å². The van der Waals surface area contributed by atoms with Crippen molar-refractivity contribution in [3.8, 4) is 0 Å². The topological polar surface area (TPSA) is 3.24 Å². The summed E-state index contributed by atoms with van der Waals surface area (Å²) in [7, 11) is 4.33. The Bertz CT molecular complexity index is 999. The summed E-state index contributed by atoms with van der Waals surface area (Å²) < 4.78 is 0. The molecule has 4 rings (SSSR count). The maximum atomic E-state index is 2.36. The van der Waals surface area contributed by atoms with Crippen LogP contribution in [0.3, 0.4) is 0 Å². The molecule has 0 radical (unpaired) electrons. The predicted octanol–water partition coefficient (Wildman–Crippen LogP) is 7.03. The van der Waals surface area contributed by atoms with E-state index < -0.39 is 0 Å². The number of unbranched alkanes of at least 4 members (excludes halogenated alkanes) is 5. The molecular formula is C26H31N. The second-order valence-corrected chi connectivity index (χ2v) is 8.26. The third-order valence-electron chi connectivity index (χ3n) is 5.92. The van der Waals surface area contributed by atoms with E-state index >= 15 is 0 Å². The quantitative estimate of drug-likeness (QED) is 0.229. The molecular weight excluding hydrogens is 326 g/mol. The minimum Gasteiger partial charge on any atom is -0.309 e. The summed E-state index contributed by atoms with van der Waals surface area (Å²) in [4.78, 5) is 2.29. The number of rotatable bonds is 9.